The van der Waals surface area contributed by atoms with Crippen molar-refractivity contribution in [1.29, 1.82) is 0 Å². The maximum Gasteiger partial charge on any atom is 0.0752 e. The van der Waals surface area contributed by atoms with Crippen molar-refractivity contribution in [2.45, 2.75) is 65.1 Å². The molecule has 0 amide bonds. The Morgan fingerprint density at radius 2 is 2.00 bits per heavy atom. The summed E-state index contributed by atoms with van der Waals surface area (Å²) >= 11 is 0. The predicted molar refractivity (Wildman–Crippen MR) is 80.4 cm³/mol. The van der Waals surface area contributed by atoms with E-state index in [9.17, 15) is 0 Å². The number of nitrogens with one attached hydrogen (secondary N) is 1. The second-order valence-corrected chi connectivity index (χ2v) is 7.29. The van der Waals surface area contributed by atoms with Crippen LogP contribution in [0.4, 0.5) is 0 Å². The van der Waals surface area contributed by atoms with Gasteiger partial charge in [0, 0.05) is 38.3 Å². The van der Waals surface area contributed by atoms with Crippen LogP contribution in [0.1, 0.15) is 47.5 Å². The number of nitrogens with zero attached hydrogens (tertiary/aromatic N) is 1. The largest absolute Gasteiger partial charge is 0.375 e. The van der Waals surface area contributed by atoms with Crippen LogP contribution in [0.2, 0.25) is 0 Å². The van der Waals surface area contributed by atoms with Crippen molar-refractivity contribution in [3.05, 3.63) is 0 Å². The minimum atomic E-state index is -0.0344. The van der Waals surface area contributed by atoms with E-state index in [1.807, 2.05) is 0 Å². The predicted octanol–water partition coefficient (Wildman–Crippen LogP) is 2.51. The highest BCUT2D eigenvalue weighted by atomic mass is 16.5. The van der Waals surface area contributed by atoms with Gasteiger partial charge in [0.1, 0.15) is 0 Å². The molecule has 0 bridgehead atoms. The standard InChI is InChI=1S/C16H32N2O/c1-6-19-16(4,5)11-18-10-14(13-7-8-13)17-9-15(18)12(2)3/h12-15,17H,6-11H2,1-5H3. The average Bonchev–Trinajstić information content (AvgIpc) is 3.11. The van der Waals surface area contributed by atoms with Crippen LogP contribution in [0.25, 0.3) is 0 Å². The summed E-state index contributed by atoms with van der Waals surface area (Å²) in [6.07, 6.45) is 2.85. The molecule has 2 fully saturated rings. The lowest BCUT2D eigenvalue weighted by Gasteiger charge is -2.45. The molecule has 0 aromatic carbocycles. The zero-order valence-corrected chi connectivity index (χ0v) is 13.4. The minimum Gasteiger partial charge on any atom is -0.375 e. The fourth-order valence-corrected chi connectivity index (χ4v) is 3.43. The highest BCUT2D eigenvalue weighted by molar-refractivity contribution is 4.96. The van der Waals surface area contributed by atoms with Gasteiger partial charge < -0.3 is 10.1 Å². The Morgan fingerprint density at radius 3 is 2.53 bits per heavy atom. The Morgan fingerprint density at radius 1 is 1.32 bits per heavy atom. The molecule has 0 aromatic heterocycles. The molecule has 0 radical (unpaired) electrons. The molecular weight excluding hydrogens is 236 g/mol. The lowest BCUT2D eigenvalue weighted by Crippen LogP contribution is -2.61. The number of hydrogen-bond acceptors (Lipinski definition) is 3. The molecule has 1 N–H and O–H groups in total. The van der Waals surface area contributed by atoms with E-state index in [2.05, 4.69) is 44.8 Å². The molecule has 3 heteroatoms. The molecule has 0 spiro atoms. The quantitative estimate of drug-likeness (QED) is 0.801. The van der Waals surface area contributed by atoms with Gasteiger partial charge in [0.15, 0.2) is 0 Å². The molecule has 2 atom stereocenters. The first-order chi connectivity index (χ1) is 8.93. The summed E-state index contributed by atoms with van der Waals surface area (Å²) in [5.74, 6) is 1.64. The first-order valence-corrected chi connectivity index (χ1v) is 8.04. The average molecular weight is 268 g/mol. The third-order valence-electron chi connectivity index (χ3n) is 4.57. The van der Waals surface area contributed by atoms with Gasteiger partial charge in [0.2, 0.25) is 0 Å². The molecule has 1 aliphatic heterocycles. The van der Waals surface area contributed by atoms with E-state index in [1.54, 1.807) is 0 Å². The van der Waals surface area contributed by atoms with E-state index in [0.717, 1.165) is 25.6 Å². The number of ether oxygens (including phenoxy) is 1. The first kappa shape index (κ1) is 15.3. The summed E-state index contributed by atoms with van der Waals surface area (Å²) in [6.45, 7) is 15.4. The van der Waals surface area contributed by atoms with Crippen molar-refractivity contribution in [3.63, 3.8) is 0 Å². The maximum atomic E-state index is 5.91. The zero-order chi connectivity index (χ0) is 14.0. The maximum absolute atomic E-state index is 5.91. The molecule has 112 valence electrons. The van der Waals surface area contributed by atoms with E-state index in [-0.39, 0.29) is 5.60 Å². The van der Waals surface area contributed by atoms with Crippen molar-refractivity contribution < 1.29 is 4.74 Å². The van der Waals surface area contributed by atoms with Gasteiger partial charge in [-0.2, -0.15) is 0 Å². The molecule has 0 aromatic rings. The topological polar surface area (TPSA) is 24.5 Å². The molecule has 3 nitrogen and oxygen atoms in total. The van der Waals surface area contributed by atoms with Crippen LogP contribution in [0.5, 0.6) is 0 Å². The molecular formula is C16H32N2O. The summed E-state index contributed by atoms with van der Waals surface area (Å²) in [4.78, 5) is 2.68. The van der Waals surface area contributed by atoms with E-state index in [0.29, 0.717) is 18.0 Å². The van der Waals surface area contributed by atoms with Gasteiger partial charge in [0.05, 0.1) is 5.60 Å². The summed E-state index contributed by atoms with van der Waals surface area (Å²) in [5.41, 5.74) is -0.0344. The van der Waals surface area contributed by atoms with Crippen molar-refractivity contribution >= 4 is 0 Å². The third-order valence-corrected chi connectivity index (χ3v) is 4.57. The van der Waals surface area contributed by atoms with E-state index in [1.165, 1.54) is 19.4 Å². The van der Waals surface area contributed by atoms with Gasteiger partial charge in [-0.1, -0.05) is 13.8 Å². The Kier molecular flexibility index (Phi) is 4.91. The summed E-state index contributed by atoms with van der Waals surface area (Å²) < 4.78 is 5.91. The van der Waals surface area contributed by atoms with Gasteiger partial charge in [-0.15, -0.1) is 0 Å². The number of hydrogen-bond donors (Lipinski definition) is 1. The van der Waals surface area contributed by atoms with Crippen molar-refractivity contribution in [3.8, 4) is 0 Å². The summed E-state index contributed by atoms with van der Waals surface area (Å²) in [6, 6.07) is 1.36. The van der Waals surface area contributed by atoms with Crippen LogP contribution < -0.4 is 5.32 Å². The number of piperazine rings is 1. The second kappa shape index (κ2) is 6.11. The van der Waals surface area contributed by atoms with Crippen LogP contribution in [0.3, 0.4) is 0 Å². The Bertz CT molecular complexity index is 286. The lowest BCUT2D eigenvalue weighted by molar-refractivity contribution is -0.0545. The minimum absolute atomic E-state index is 0.0344. The Labute approximate surface area is 119 Å². The molecule has 1 saturated heterocycles. The summed E-state index contributed by atoms with van der Waals surface area (Å²) in [7, 11) is 0. The second-order valence-electron chi connectivity index (χ2n) is 7.29. The molecule has 1 saturated carbocycles. The molecule has 2 unspecified atom stereocenters. The van der Waals surface area contributed by atoms with Gasteiger partial charge in [-0.05, 0) is 45.4 Å². The SMILES string of the molecule is CCOC(C)(C)CN1CC(C2CC2)NCC1C(C)C. The van der Waals surface area contributed by atoms with Gasteiger partial charge in [-0.25, -0.2) is 0 Å². The van der Waals surface area contributed by atoms with Crippen LogP contribution in [-0.2, 0) is 4.74 Å². The zero-order valence-electron chi connectivity index (χ0n) is 13.4. The summed E-state index contributed by atoms with van der Waals surface area (Å²) in [5, 5.41) is 3.78. The smallest absolute Gasteiger partial charge is 0.0752 e. The van der Waals surface area contributed by atoms with E-state index >= 15 is 0 Å². The number of rotatable bonds is 6. The first-order valence-electron chi connectivity index (χ1n) is 8.04. The van der Waals surface area contributed by atoms with Crippen LogP contribution >= 0.6 is 0 Å². The van der Waals surface area contributed by atoms with Crippen LogP contribution in [0.15, 0.2) is 0 Å². The monoisotopic (exact) mass is 268 g/mol. The molecule has 1 heterocycles. The van der Waals surface area contributed by atoms with Gasteiger partial charge in [-0.3, -0.25) is 4.90 Å². The molecule has 19 heavy (non-hydrogen) atoms. The highest BCUT2D eigenvalue weighted by Gasteiger charge is 2.39. The van der Waals surface area contributed by atoms with Crippen LogP contribution in [0, 0.1) is 11.8 Å². The van der Waals surface area contributed by atoms with Crippen molar-refractivity contribution in [2.24, 2.45) is 11.8 Å². The van der Waals surface area contributed by atoms with E-state index in [4.69, 9.17) is 4.74 Å². The molecule has 1 aliphatic carbocycles. The van der Waals surface area contributed by atoms with Crippen molar-refractivity contribution in [2.75, 3.05) is 26.2 Å². The normalized spacial score (nSPS) is 30.0. The fraction of sp³-hybridized carbons (Fsp3) is 1.00. The molecule has 2 rings (SSSR count). The molecule has 2 aliphatic rings. The fourth-order valence-electron chi connectivity index (χ4n) is 3.43. The van der Waals surface area contributed by atoms with E-state index < -0.39 is 0 Å². The van der Waals surface area contributed by atoms with Crippen molar-refractivity contribution in [1.82, 2.24) is 10.2 Å². The lowest BCUT2D eigenvalue weighted by atomic mass is 9.95. The van der Waals surface area contributed by atoms with Crippen LogP contribution in [-0.4, -0.2) is 48.8 Å². The Hall–Kier alpha value is -0.120. The highest BCUT2D eigenvalue weighted by Crippen LogP contribution is 2.35. The van der Waals surface area contributed by atoms with Gasteiger partial charge in [0.25, 0.3) is 0 Å². The van der Waals surface area contributed by atoms with Gasteiger partial charge >= 0.3 is 0 Å². The third kappa shape index (κ3) is 4.17. The Balaban J connectivity index is 1.98.